The van der Waals surface area contributed by atoms with Crippen molar-refractivity contribution in [2.24, 2.45) is 0 Å². The number of ketones is 1. The number of fused-ring (bicyclic) bond motifs is 1. The largest absolute Gasteiger partial charge is 0.493 e. The minimum atomic E-state index is -3.54. The standard InChI is InChI=1S/C35H35N3O6S/c1-20-18-27-25(11-13-29(40)38(27)24-9-7-8-23(19-24)37-45(6,41)42)32(30(20)34(21(2)39)44-35(3,4)5)26-10-12-28-31-22(15-17-43-28)14-16-36-33(26)31/h7-14,16,18-19,34,37H,15,17H2,1-6H3. The van der Waals surface area contributed by atoms with E-state index in [9.17, 15) is 18.0 Å². The van der Waals surface area contributed by atoms with Gasteiger partial charge in [-0.3, -0.25) is 23.9 Å². The molecule has 9 nitrogen and oxygen atoms in total. The third kappa shape index (κ3) is 5.83. The van der Waals surface area contributed by atoms with Gasteiger partial charge in [0.2, 0.25) is 10.0 Å². The van der Waals surface area contributed by atoms with Crippen molar-refractivity contribution in [2.45, 2.75) is 52.7 Å². The third-order valence-corrected chi connectivity index (χ3v) is 8.40. The average molecular weight is 626 g/mol. The maximum absolute atomic E-state index is 13.6. The van der Waals surface area contributed by atoms with Crippen molar-refractivity contribution in [2.75, 3.05) is 17.6 Å². The van der Waals surface area contributed by atoms with Gasteiger partial charge in [0.1, 0.15) is 11.9 Å². The summed E-state index contributed by atoms with van der Waals surface area (Å²) in [7, 11) is -3.54. The lowest BCUT2D eigenvalue weighted by atomic mass is 9.85. The Balaban J connectivity index is 1.74. The second-order valence-electron chi connectivity index (χ2n) is 12.5. The molecule has 0 fully saturated rings. The molecule has 1 aliphatic rings. The van der Waals surface area contributed by atoms with Crippen molar-refractivity contribution in [1.29, 1.82) is 0 Å². The van der Waals surface area contributed by atoms with E-state index in [1.807, 2.05) is 52.0 Å². The number of pyridine rings is 2. The number of benzene rings is 3. The van der Waals surface area contributed by atoms with Gasteiger partial charge in [0, 0.05) is 35.0 Å². The molecule has 5 aromatic rings. The minimum absolute atomic E-state index is 0.152. The molecule has 6 rings (SSSR count). The molecule has 1 atom stereocenters. The van der Waals surface area contributed by atoms with Crippen LogP contribution in [0.1, 0.15) is 50.5 Å². The number of Topliss-reactive ketones (excluding diaryl/α,β-unsaturated/α-hetero) is 1. The molecular formula is C35H35N3O6S. The van der Waals surface area contributed by atoms with Gasteiger partial charge in [0.15, 0.2) is 5.78 Å². The number of nitrogens with zero attached hydrogens (tertiary/aromatic N) is 2. The second-order valence-corrected chi connectivity index (χ2v) is 14.2. The van der Waals surface area contributed by atoms with Gasteiger partial charge in [0.05, 0.1) is 40.9 Å². The molecule has 2 aromatic heterocycles. The van der Waals surface area contributed by atoms with Crippen molar-refractivity contribution in [3.63, 3.8) is 0 Å². The fourth-order valence-corrected chi connectivity index (χ4v) is 6.71. The lowest BCUT2D eigenvalue weighted by Crippen LogP contribution is -2.27. The highest BCUT2D eigenvalue weighted by Crippen LogP contribution is 2.45. The highest BCUT2D eigenvalue weighted by Gasteiger charge is 2.31. The van der Waals surface area contributed by atoms with Crippen LogP contribution in [-0.2, 0) is 26.0 Å². The van der Waals surface area contributed by atoms with Crippen LogP contribution in [0.3, 0.4) is 0 Å². The average Bonchev–Trinajstić information content (AvgIpc) is 2.95. The van der Waals surface area contributed by atoms with Crippen molar-refractivity contribution >= 4 is 43.3 Å². The molecule has 10 heteroatoms. The molecule has 1 aliphatic heterocycles. The fourth-order valence-electron chi connectivity index (χ4n) is 6.15. The van der Waals surface area contributed by atoms with Crippen molar-refractivity contribution < 1.29 is 22.7 Å². The molecule has 0 bridgehead atoms. The van der Waals surface area contributed by atoms with Crippen molar-refractivity contribution in [1.82, 2.24) is 9.55 Å². The molecule has 0 amide bonds. The van der Waals surface area contributed by atoms with Gasteiger partial charge in [-0.15, -0.1) is 0 Å². The number of hydrogen-bond acceptors (Lipinski definition) is 7. The first-order chi connectivity index (χ1) is 21.2. The van der Waals surface area contributed by atoms with Crippen LogP contribution in [0.2, 0.25) is 0 Å². The van der Waals surface area contributed by atoms with Crippen LogP contribution in [0.15, 0.2) is 71.7 Å². The van der Waals surface area contributed by atoms with Gasteiger partial charge in [0.25, 0.3) is 5.56 Å². The van der Waals surface area contributed by atoms with E-state index in [0.717, 1.165) is 51.6 Å². The molecule has 1 unspecified atom stereocenters. The molecule has 1 N–H and O–H groups in total. The Bertz CT molecular complexity index is 2170. The predicted molar refractivity (Wildman–Crippen MR) is 177 cm³/mol. The molecular weight excluding hydrogens is 590 g/mol. The van der Waals surface area contributed by atoms with Crippen molar-refractivity contribution in [3.8, 4) is 22.6 Å². The molecule has 0 saturated heterocycles. The maximum Gasteiger partial charge on any atom is 0.255 e. The zero-order valence-electron chi connectivity index (χ0n) is 26.1. The summed E-state index contributed by atoms with van der Waals surface area (Å²) in [4.78, 5) is 31.7. The first kappa shape index (κ1) is 30.5. The Morgan fingerprint density at radius 2 is 1.87 bits per heavy atom. The van der Waals surface area contributed by atoms with Crippen LogP contribution >= 0.6 is 0 Å². The third-order valence-electron chi connectivity index (χ3n) is 7.80. The van der Waals surface area contributed by atoms with Crippen LogP contribution in [0.5, 0.6) is 5.75 Å². The molecule has 0 spiro atoms. The van der Waals surface area contributed by atoms with E-state index in [-0.39, 0.29) is 11.3 Å². The number of ether oxygens (including phenoxy) is 2. The number of sulfonamides is 1. The van der Waals surface area contributed by atoms with Gasteiger partial charge in [-0.05, 0) is 105 Å². The van der Waals surface area contributed by atoms with Gasteiger partial charge in [-0.25, -0.2) is 8.42 Å². The molecule has 3 heterocycles. The van der Waals surface area contributed by atoms with Gasteiger partial charge >= 0.3 is 0 Å². The smallest absolute Gasteiger partial charge is 0.255 e. The number of anilines is 1. The van der Waals surface area contributed by atoms with E-state index >= 15 is 0 Å². The van der Waals surface area contributed by atoms with Crippen LogP contribution in [0, 0.1) is 6.92 Å². The van der Waals surface area contributed by atoms with Gasteiger partial charge in [-0.1, -0.05) is 6.07 Å². The molecule has 0 radical (unpaired) electrons. The first-order valence-electron chi connectivity index (χ1n) is 14.7. The lowest BCUT2D eigenvalue weighted by molar-refractivity contribution is -0.138. The summed E-state index contributed by atoms with van der Waals surface area (Å²) in [6.45, 7) is 9.75. The number of carbonyl (C=O) groups excluding carboxylic acids is 1. The molecule has 3 aromatic carbocycles. The molecule has 0 aliphatic carbocycles. The Labute approximate surface area is 261 Å². The second kappa shape index (κ2) is 11.1. The van der Waals surface area contributed by atoms with Gasteiger partial charge in [-0.2, -0.15) is 0 Å². The summed E-state index contributed by atoms with van der Waals surface area (Å²) in [6, 6.07) is 17.7. The summed E-state index contributed by atoms with van der Waals surface area (Å²) in [5.74, 6) is 0.600. The number of carbonyl (C=O) groups is 1. The van der Waals surface area contributed by atoms with E-state index in [2.05, 4.69) is 4.72 Å². The number of hydrogen-bond donors (Lipinski definition) is 1. The summed E-state index contributed by atoms with van der Waals surface area (Å²) < 4.78 is 40.4. The topological polar surface area (TPSA) is 117 Å². The summed E-state index contributed by atoms with van der Waals surface area (Å²) in [6.07, 6.45) is 2.72. The Hall–Kier alpha value is -4.54. The van der Waals surface area contributed by atoms with Crippen LogP contribution in [-0.4, -0.2) is 42.2 Å². The molecule has 0 saturated carbocycles. The van der Waals surface area contributed by atoms with E-state index in [4.69, 9.17) is 14.5 Å². The van der Waals surface area contributed by atoms with Crippen LogP contribution in [0.4, 0.5) is 5.69 Å². The quantitative estimate of drug-likeness (QED) is 0.227. The summed E-state index contributed by atoms with van der Waals surface area (Å²) in [5, 5.41) is 1.63. The number of aryl methyl sites for hydroxylation is 1. The zero-order valence-corrected chi connectivity index (χ0v) is 26.9. The predicted octanol–water partition coefficient (Wildman–Crippen LogP) is 6.27. The molecule has 232 valence electrons. The van der Waals surface area contributed by atoms with Crippen LogP contribution in [0.25, 0.3) is 38.6 Å². The highest BCUT2D eigenvalue weighted by atomic mass is 32.2. The Morgan fingerprint density at radius 1 is 1.09 bits per heavy atom. The van der Waals surface area contributed by atoms with Crippen molar-refractivity contribution in [3.05, 3.63) is 93.9 Å². The highest BCUT2D eigenvalue weighted by molar-refractivity contribution is 7.92. The minimum Gasteiger partial charge on any atom is -0.493 e. The van der Waals surface area contributed by atoms with E-state index < -0.39 is 21.7 Å². The monoisotopic (exact) mass is 625 g/mol. The Morgan fingerprint density at radius 3 is 2.58 bits per heavy atom. The van der Waals surface area contributed by atoms with E-state index in [1.165, 1.54) is 13.0 Å². The summed E-state index contributed by atoms with van der Waals surface area (Å²) >= 11 is 0. The van der Waals surface area contributed by atoms with E-state index in [0.29, 0.717) is 34.4 Å². The zero-order chi connectivity index (χ0) is 32.3. The van der Waals surface area contributed by atoms with Crippen LogP contribution < -0.4 is 15.0 Å². The number of aromatic nitrogens is 2. The Kier molecular flexibility index (Phi) is 7.53. The molecule has 45 heavy (non-hydrogen) atoms. The fraction of sp³-hybridized carbons (Fsp3) is 0.286. The normalized spacial score (nSPS) is 13.9. The summed E-state index contributed by atoms with van der Waals surface area (Å²) in [5.41, 5.74) is 5.29. The maximum atomic E-state index is 13.6. The van der Waals surface area contributed by atoms with Gasteiger partial charge < -0.3 is 9.47 Å². The first-order valence-corrected chi connectivity index (χ1v) is 16.6. The lowest BCUT2D eigenvalue weighted by Gasteiger charge is -2.30. The SMILES string of the molecule is CC(=O)C(OC(C)(C)C)c1c(C)cc2c(ccc(=O)n2-c2cccc(NS(C)(=O)=O)c2)c1-c1ccc2c3c(ccnc13)CCO2. The number of rotatable bonds is 7. The van der Waals surface area contributed by atoms with E-state index in [1.54, 1.807) is 41.1 Å². The number of nitrogens with one attached hydrogen (secondary N) is 1.